The van der Waals surface area contributed by atoms with Crippen LogP contribution in [0.25, 0.3) is 0 Å². The molecule has 1 amide bonds. The zero-order chi connectivity index (χ0) is 10.8. The Hall–Kier alpha value is -0.790. The van der Waals surface area contributed by atoms with E-state index in [1.165, 1.54) is 25.7 Å². The van der Waals surface area contributed by atoms with Gasteiger partial charge in [-0.1, -0.05) is 38.3 Å². The molecule has 2 nitrogen and oxygen atoms in total. The normalized spacial score (nSPS) is 13.1. The van der Waals surface area contributed by atoms with Crippen LogP contribution < -0.4 is 5.32 Å². The molecule has 0 fully saturated rings. The second kappa shape index (κ2) is 8.79. The van der Waals surface area contributed by atoms with Gasteiger partial charge in [0, 0.05) is 13.0 Å². The molecule has 0 spiro atoms. The number of allylic oxidation sites excluding steroid dienone is 1. The number of rotatable bonds is 7. The Bertz CT molecular complexity index is 175. The van der Waals surface area contributed by atoms with E-state index < -0.39 is 0 Å². The lowest BCUT2D eigenvalue weighted by molar-refractivity contribution is -0.119. The Labute approximate surface area is 87.8 Å². The van der Waals surface area contributed by atoms with E-state index in [1.54, 1.807) is 6.92 Å². The molecule has 0 heterocycles. The molecule has 82 valence electrons. The fraction of sp³-hybridized carbons (Fsp3) is 0.750. The van der Waals surface area contributed by atoms with E-state index >= 15 is 0 Å². The molecule has 1 unspecified atom stereocenters. The molecular formula is C12H23NO. The fourth-order valence-electron chi connectivity index (χ4n) is 1.36. The molecule has 0 bridgehead atoms. The summed E-state index contributed by atoms with van der Waals surface area (Å²) in [5.41, 5.74) is 0. The van der Waals surface area contributed by atoms with Crippen LogP contribution in [0.15, 0.2) is 12.2 Å². The summed E-state index contributed by atoms with van der Waals surface area (Å²) in [5.74, 6) is 0.0353. The van der Waals surface area contributed by atoms with E-state index in [9.17, 15) is 4.79 Å². The summed E-state index contributed by atoms with van der Waals surface area (Å²) in [6.07, 6.45) is 10.5. The van der Waals surface area contributed by atoms with Gasteiger partial charge in [0.05, 0.1) is 0 Å². The minimum atomic E-state index is 0.0353. The quantitative estimate of drug-likeness (QED) is 0.493. The maximum absolute atomic E-state index is 10.7. The van der Waals surface area contributed by atoms with E-state index in [0.717, 1.165) is 6.42 Å². The van der Waals surface area contributed by atoms with Crippen molar-refractivity contribution in [3.8, 4) is 0 Å². The Morgan fingerprint density at radius 3 is 2.64 bits per heavy atom. The monoisotopic (exact) mass is 197 g/mol. The van der Waals surface area contributed by atoms with Crippen molar-refractivity contribution in [3.63, 3.8) is 0 Å². The first-order chi connectivity index (χ1) is 6.66. The molecule has 0 aliphatic rings. The summed E-state index contributed by atoms with van der Waals surface area (Å²) >= 11 is 0. The number of amides is 1. The van der Waals surface area contributed by atoms with Gasteiger partial charge in [-0.05, 0) is 19.8 Å². The molecule has 0 saturated heterocycles. The summed E-state index contributed by atoms with van der Waals surface area (Å²) in [5, 5.41) is 2.82. The minimum absolute atomic E-state index is 0.0353. The number of nitrogens with one attached hydrogen (secondary N) is 1. The zero-order valence-corrected chi connectivity index (χ0v) is 9.68. The van der Waals surface area contributed by atoms with Gasteiger partial charge in [-0.15, -0.1) is 0 Å². The third-order valence-electron chi connectivity index (χ3n) is 2.08. The van der Waals surface area contributed by atoms with E-state index in [4.69, 9.17) is 0 Å². The summed E-state index contributed by atoms with van der Waals surface area (Å²) in [6.45, 7) is 5.75. The highest BCUT2D eigenvalue weighted by molar-refractivity contribution is 5.73. The molecule has 0 saturated carbocycles. The van der Waals surface area contributed by atoms with Crippen LogP contribution in [0.2, 0.25) is 0 Å². The highest BCUT2D eigenvalue weighted by Crippen LogP contribution is 2.03. The lowest BCUT2D eigenvalue weighted by Crippen LogP contribution is -2.28. The van der Waals surface area contributed by atoms with Crippen molar-refractivity contribution in [2.45, 2.75) is 58.9 Å². The zero-order valence-electron chi connectivity index (χ0n) is 9.68. The summed E-state index contributed by atoms with van der Waals surface area (Å²) in [4.78, 5) is 10.7. The first-order valence-electron chi connectivity index (χ1n) is 5.60. The topological polar surface area (TPSA) is 29.1 Å². The largest absolute Gasteiger partial charge is 0.350 e. The summed E-state index contributed by atoms with van der Waals surface area (Å²) in [7, 11) is 0. The van der Waals surface area contributed by atoms with Crippen molar-refractivity contribution in [1.29, 1.82) is 0 Å². The molecule has 0 aromatic heterocycles. The first-order valence-corrected chi connectivity index (χ1v) is 5.60. The van der Waals surface area contributed by atoms with Crippen LogP contribution >= 0.6 is 0 Å². The van der Waals surface area contributed by atoms with Crippen LogP contribution in [0.5, 0.6) is 0 Å². The van der Waals surface area contributed by atoms with Gasteiger partial charge in [-0.3, -0.25) is 4.79 Å². The average Bonchev–Trinajstić information content (AvgIpc) is 2.10. The van der Waals surface area contributed by atoms with Gasteiger partial charge in [0.2, 0.25) is 5.91 Å². The van der Waals surface area contributed by atoms with E-state index in [-0.39, 0.29) is 11.9 Å². The van der Waals surface area contributed by atoms with Crippen molar-refractivity contribution in [2.24, 2.45) is 0 Å². The highest BCUT2D eigenvalue weighted by atomic mass is 16.1. The summed E-state index contributed by atoms with van der Waals surface area (Å²) < 4.78 is 0. The molecule has 0 aliphatic carbocycles. The van der Waals surface area contributed by atoms with E-state index in [0.29, 0.717) is 0 Å². The maximum atomic E-state index is 10.7. The predicted molar refractivity (Wildman–Crippen MR) is 61.2 cm³/mol. The molecule has 1 atom stereocenters. The van der Waals surface area contributed by atoms with Crippen LogP contribution in [-0.4, -0.2) is 11.9 Å². The van der Waals surface area contributed by atoms with Gasteiger partial charge in [0.15, 0.2) is 0 Å². The molecule has 0 aromatic carbocycles. The van der Waals surface area contributed by atoms with Gasteiger partial charge < -0.3 is 5.32 Å². The van der Waals surface area contributed by atoms with Crippen molar-refractivity contribution in [1.82, 2.24) is 5.32 Å². The molecular weight excluding hydrogens is 174 g/mol. The smallest absolute Gasteiger partial charge is 0.217 e. The minimum Gasteiger partial charge on any atom is -0.350 e. The van der Waals surface area contributed by atoms with Crippen molar-refractivity contribution in [3.05, 3.63) is 12.2 Å². The standard InChI is InChI=1S/C12H23NO/c1-4-5-6-7-8-9-10-11(2)13-12(3)14/h9-11H,4-8H2,1-3H3,(H,13,14)/b10-9+. The Balaban J connectivity index is 3.37. The third kappa shape index (κ3) is 9.30. The van der Waals surface area contributed by atoms with Crippen LogP contribution in [0, 0.1) is 0 Å². The second-order valence-corrected chi connectivity index (χ2v) is 3.77. The SMILES string of the molecule is CCCCCC/C=C/C(C)NC(C)=O. The Morgan fingerprint density at radius 2 is 2.07 bits per heavy atom. The molecule has 0 rings (SSSR count). The van der Waals surface area contributed by atoms with Crippen LogP contribution in [-0.2, 0) is 4.79 Å². The average molecular weight is 197 g/mol. The van der Waals surface area contributed by atoms with Crippen molar-refractivity contribution in [2.75, 3.05) is 0 Å². The maximum Gasteiger partial charge on any atom is 0.217 e. The van der Waals surface area contributed by atoms with Crippen LogP contribution in [0.4, 0.5) is 0 Å². The van der Waals surface area contributed by atoms with Crippen molar-refractivity contribution < 1.29 is 4.79 Å². The third-order valence-corrected chi connectivity index (χ3v) is 2.08. The molecule has 0 aromatic rings. The predicted octanol–water partition coefficient (Wildman–Crippen LogP) is 3.04. The number of hydrogen-bond donors (Lipinski definition) is 1. The number of carbonyl (C=O) groups excluding carboxylic acids is 1. The molecule has 1 N–H and O–H groups in total. The van der Waals surface area contributed by atoms with E-state index in [1.807, 2.05) is 6.92 Å². The van der Waals surface area contributed by atoms with Gasteiger partial charge >= 0.3 is 0 Å². The molecule has 0 radical (unpaired) electrons. The lowest BCUT2D eigenvalue weighted by Gasteiger charge is -2.06. The fourth-order valence-corrected chi connectivity index (χ4v) is 1.36. The summed E-state index contributed by atoms with van der Waals surface area (Å²) in [6, 6.07) is 0.165. The highest BCUT2D eigenvalue weighted by Gasteiger charge is 1.96. The van der Waals surface area contributed by atoms with Crippen molar-refractivity contribution >= 4 is 5.91 Å². The Kier molecular flexibility index (Phi) is 8.30. The molecule has 14 heavy (non-hydrogen) atoms. The number of unbranched alkanes of at least 4 members (excludes halogenated alkanes) is 4. The Morgan fingerprint density at radius 1 is 1.36 bits per heavy atom. The molecule has 0 aliphatic heterocycles. The number of hydrogen-bond acceptors (Lipinski definition) is 1. The van der Waals surface area contributed by atoms with Gasteiger partial charge in [0.1, 0.15) is 0 Å². The van der Waals surface area contributed by atoms with Gasteiger partial charge in [0.25, 0.3) is 0 Å². The van der Waals surface area contributed by atoms with Gasteiger partial charge in [-0.25, -0.2) is 0 Å². The number of carbonyl (C=O) groups is 1. The van der Waals surface area contributed by atoms with Crippen LogP contribution in [0.1, 0.15) is 52.9 Å². The second-order valence-electron chi connectivity index (χ2n) is 3.77. The molecule has 2 heteroatoms. The van der Waals surface area contributed by atoms with Gasteiger partial charge in [-0.2, -0.15) is 0 Å². The first kappa shape index (κ1) is 13.2. The lowest BCUT2D eigenvalue weighted by atomic mass is 10.1. The van der Waals surface area contributed by atoms with E-state index in [2.05, 4.69) is 24.4 Å². The van der Waals surface area contributed by atoms with Crippen LogP contribution in [0.3, 0.4) is 0 Å².